The largest absolute Gasteiger partial charge is 0.330 e. The number of likely N-dealkylation sites (N-methyl/N-ethyl adjacent to an activating group) is 1. The van der Waals surface area contributed by atoms with E-state index in [0.717, 1.165) is 17.7 Å². The van der Waals surface area contributed by atoms with Crippen molar-refractivity contribution in [1.82, 2.24) is 9.80 Å². The summed E-state index contributed by atoms with van der Waals surface area (Å²) >= 11 is 7.17. The minimum Gasteiger partial charge on any atom is -0.330 e. The molecule has 1 aliphatic carbocycles. The van der Waals surface area contributed by atoms with Crippen molar-refractivity contribution in [3.05, 3.63) is 86.1 Å². The van der Waals surface area contributed by atoms with Crippen LogP contribution >= 0.6 is 22.9 Å². The zero-order valence-electron chi connectivity index (χ0n) is 18.7. The van der Waals surface area contributed by atoms with E-state index in [1.165, 1.54) is 29.7 Å². The minimum absolute atomic E-state index is 0.0551. The Kier molecular flexibility index (Phi) is 5.77. The van der Waals surface area contributed by atoms with Crippen molar-refractivity contribution in [1.29, 1.82) is 0 Å². The molecule has 0 saturated heterocycles. The molecular formula is C26H26ClN3O2S. The number of nitrogens with zero attached hydrogens (tertiary/aromatic N) is 2. The lowest BCUT2D eigenvalue weighted by Crippen LogP contribution is -2.26. The van der Waals surface area contributed by atoms with Gasteiger partial charge in [-0.3, -0.25) is 9.59 Å². The third-order valence-electron chi connectivity index (χ3n) is 6.47. The number of hydrogen-bond acceptors (Lipinski definition) is 4. The molecule has 0 unspecified atom stereocenters. The Labute approximate surface area is 203 Å². The highest BCUT2D eigenvalue weighted by Crippen LogP contribution is 2.48. The van der Waals surface area contributed by atoms with Gasteiger partial charge >= 0.3 is 0 Å². The first-order valence-electron chi connectivity index (χ1n) is 11.1. The molecule has 5 nitrogen and oxygen atoms in total. The lowest BCUT2D eigenvalue weighted by atomic mass is 9.94. The van der Waals surface area contributed by atoms with Crippen molar-refractivity contribution in [3.63, 3.8) is 0 Å². The first-order valence-corrected chi connectivity index (χ1v) is 12.3. The Hall–Kier alpha value is -2.67. The van der Waals surface area contributed by atoms with Crippen LogP contribution in [0.25, 0.3) is 0 Å². The van der Waals surface area contributed by atoms with Crippen LogP contribution in [0.4, 0.5) is 5.69 Å². The van der Waals surface area contributed by atoms with Gasteiger partial charge in [-0.2, -0.15) is 0 Å². The number of anilines is 1. The highest BCUT2D eigenvalue weighted by Gasteiger charge is 2.44. The minimum atomic E-state index is -0.256. The standard InChI is InChI=1S/C26H26ClN3O2S/c1-29(2)16-26(12-13-26)19-8-6-17(7-9-19)14-30-15-18-4-3-5-20(23(18)25(30)32)28-24(31)21-10-11-22(27)33-21/h3-11H,12-16H2,1-2H3,(H,28,31). The van der Waals surface area contributed by atoms with Gasteiger partial charge in [0.05, 0.1) is 20.5 Å². The first-order chi connectivity index (χ1) is 15.8. The average Bonchev–Trinajstić information content (AvgIpc) is 3.29. The Morgan fingerprint density at radius 1 is 1.12 bits per heavy atom. The summed E-state index contributed by atoms with van der Waals surface area (Å²) in [6, 6.07) is 17.7. The normalized spacial score (nSPS) is 16.2. The van der Waals surface area contributed by atoms with Gasteiger partial charge in [0.25, 0.3) is 11.8 Å². The summed E-state index contributed by atoms with van der Waals surface area (Å²) in [5, 5.41) is 2.89. The van der Waals surface area contributed by atoms with Crippen molar-refractivity contribution in [2.24, 2.45) is 0 Å². The molecule has 0 atom stereocenters. The topological polar surface area (TPSA) is 52.6 Å². The number of thiophene rings is 1. The lowest BCUT2D eigenvalue weighted by molar-refractivity contribution is 0.0767. The van der Waals surface area contributed by atoms with Gasteiger partial charge in [0.2, 0.25) is 0 Å². The predicted molar refractivity (Wildman–Crippen MR) is 133 cm³/mol. The molecule has 2 amide bonds. The van der Waals surface area contributed by atoms with Gasteiger partial charge in [0.1, 0.15) is 0 Å². The number of carbonyl (C=O) groups excluding carboxylic acids is 2. The smallest absolute Gasteiger partial charge is 0.265 e. The van der Waals surface area contributed by atoms with E-state index in [4.69, 9.17) is 11.6 Å². The third-order valence-corrected chi connectivity index (χ3v) is 7.70. The summed E-state index contributed by atoms with van der Waals surface area (Å²) in [6.07, 6.45) is 2.47. The van der Waals surface area contributed by atoms with Crippen molar-refractivity contribution < 1.29 is 9.59 Å². The molecule has 0 radical (unpaired) electrons. The average molecular weight is 480 g/mol. The van der Waals surface area contributed by atoms with E-state index in [0.29, 0.717) is 39.0 Å². The highest BCUT2D eigenvalue weighted by atomic mass is 35.5. The maximum Gasteiger partial charge on any atom is 0.265 e. The second kappa shape index (κ2) is 8.60. The van der Waals surface area contributed by atoms with Crippen LogP contribution in [0.15, 0.2) is 54.6 Å². The van der Waals surface area contributed by atoms with Crippen LogP contribution in [0.2, 0.25) is 4.34 Å². The van der Waals surface area contributed by atoms with Gasteiger partial charge < -0.3 is 15.1 Å². The Morgan fingerprint density at radius 2 is 1.88 bits per heavy atom. The molecule has 1 aliphatic heterocycles. The molecule has 2 aromatic carbocycles. The van der Waals surface area contributed by atoms with E-state index in [-0.39, 0.29) is 11.8 Å². The fourth-order valence-electron chi connectivity index (χ4n) is 4.75. The lowest BCUT2D eigenvalue weighted by Gasteiger charge is -2.21. The molecule has 5 rings (SSSR count). The van der Waals surface area contributed by atoms with Crippen LogP contribution < -0.4 is 5.32 Å². The summed E-state index contributed by atoms with van der Waals surface area (Å²) < 4.78 is 0.557. The second-order valence-electron chi connectivity index (χ2n) is 9.27. The van der Waals surface area contributed by atoms with Crippen LogP contribution in [0, 0.1) is 0 Å². The Morgan fingerprint density at radius 3 is 2.52 bits per heavy atom. The van der Waals surface area contributed by atoms with Crippen LogP contribution in [0.5, 0.6) is 0 Å². The molecule has 2 heterocycles. The molecule has 3 aromatic rings. The monoisotopic (exact) mass is 479 g/mol. The molecule has 1 saturated carbocycles. The van der Waals surface area contributed by atoms with Gasteiger partial charge in [-0.25, -0.2) is 0 Å². The summed E-state index contributed by atoms with van der Waals surface area (Å²) in [7, 11) is 4.24. The zero-order valence-corrected chi connectivity index (χ0v) is 20.3. The number of halogens is 1. The molecular weight excluding hydrogens is 454 g/mol. The summed E-state index contributed by atoms with van der Waals surface area (Å²) in [4.78, 5) is 30.5. The number of rotatable bonds is 7. The molecule has 33 heavy (non-hydrogen) atoms. The van der Waals surface area contributed by atoms with Crippen LogP contribution in [0.1, 0.15) is 49.6 Å². The van der Waals surface area contributed by atoms with Crippen molar-refractivity contribution >= 4 is 40.4 Å². The van der Waals surface area contributed by atoms with Crippen LogP contribution in [-0.4, -0.2) is 42.3 Å². The van der Waals surface area contributed by atoms with Gasteiger partial charge in [0, 0.05) is 25.0 Å². The van der Waals surface area contributed by atoms with Crippen molar-refractivity contribution in [2.45, 2.75) is 31.3 Å². The summed E-state index contributed by atoms with van der Waals surface area (Å²) in [6.45, 7) is 2.15. The van der Waals surface area contributed by atoms with E-state index in [9.17, 15) is 9.59 Å². The number of benzene rings is 2. The van der Waals surface area contributed by atoms with E-state index >= 15 is 0 Å². The second-order valence-corrected chi connectivity index (χ2v) is 11.0. The van der Waals surface area contributed by atoms with Gasteiger partial charge in [-0.05, 0) is 61.8 Å². The Balaban J connectivity index is 1.29. The number of amides is 2. The molecule has 0 bridgehead atoms. The van der Waals surface area contributed by atoms with E-state index < -0.39 is 0 Å². The number of nitrogens with one attached hydrogen (secondary N) is 1. The molecule has 7 heteroatoms. The van der Waals surface area contributed by atoms with Crippen molar-refractivity contribution in [2.75, 3.05) is 26.0 Å². The third kappa shape index (κ3) is 4.43. The van der Waals surface area contributed by atoms with Crippen LogP contribution in [-0.2, 0) is 18.5 Å². The van der Waals surface area contributed by atoms with E-state index in [1.807, 2.05) is 17.0 Å². The van der Waals surface area contributed by atoms with Gasteiger partial charge in [0.15, 0.2) is 0 Å². The number of hydrogen-bond donors (Lipinski definition) is 1. The molecule has 0 spiro atoms. The molecule has 1 fully saturated rings. The quantitative estimate of drug-likeness (QED) is 0.493. The molecule has 1 N–H and O–H groups in total. The highest BCUT2D eigenvalue weighted by molar-refractivity contribution is 7.18. The maximum absolute atomic E-state index is 13.3. The van der Waals surface area contributed by atoms with Crippen molar-refractivity contribution in [3.8, 4) is 0 Å². The van der Waals surface area contributed by atoms with Gasteiger partial charge in [-0.1, -0.05) is 48.0 Å². The molecule has 170 valence electrons. The van der Waals surface area contributed by atoms with E-state index in [1.54, 1.807) is 18.2 Å². The zero-order chi connectivity index (χ0) is 23.2. The van der Waals surface area contributed by atoms with E-state index in [2.05, 4.69) is 48.6 Å². The summed E-state index contributed by atoms with van der Waals surface area (Å²) in [5.41, 5.74) is 4.84. The van der Waals surface area contributed by atoms with Crippen LogP contribution in [0.3, 0.4) is 0 Å². The SMILES string of the molecule is CN(C)CC1(c2ccc(CN3Cc4cccc(NC(=O)c5ccc(Cl)s5)c4C3=O)cc2)CC1. The number of carbonyl (C=O) groups is 2. The maximum atomic E-state index is 13.3. The predicted octanol–water partition coefficient (Wildman–Crippen LogP) is 5.40. The summed E-state index contributed by atoms with van der Waals surface area (Å²) in [5.74, 6) is -0.311. The first kappa shape index (κ1) is 22.1. The Bertz CT molecular complexity index is 1210. The molecule has 2 aliphatic rings. The molecule has 1 aromatic heterocycles. The fourth-order valence-corrected chi connectivity index (χ4v) is 5.69. The fraction of sp³-hybridized carbons (Fsp3) is 0.308. The number of fused-ring (bicyclic) bond motifs is 1. The van der Waals surface area contributed by atoms with Gasteiger partial charge in [-0.15, -0.1) is 11.3 Å².